The van der Waals surface area contributed by atoms with Gasteiger partial charge in [0.15, 0.2) is 0 Å². The van der Waals surface area contributed by atoms with Crippen molar-refractivity contribution >= 4 is 28.5 Å². The van der Waals surface area contributed by atoms with Crippen LogP contribution in [0.2, 0.25) is 0 Å². The molecule has 25 heavy (non-hydrogen) atoms. The van der Waals surface area contributed by atoms with Gasteiger partial charge < -0.3 is 14.4 Å². The van der Waals surface area contributed by atoms with Crippen LogP contribution in [-0.2, 0) is 19.1 Å². The summed E-state index contributed by atoms with van der Waals surface area (Å²) in [6.07, 6.45) is 8.32. The van der Waals surface area contributed by atoms with Crippen LogP contribution in [-0.4, -0.2) is 31.1 Å². The molecule has 0 bridgehead atoms. The van der Waals surface area contributed by atoms with Gasteiger partial charge in [-0.15, -0.1) is 0 Å². The fraction of sp³-hybridized carbons (Fsp3) is 0.105. The first kappa shape index (κ1) is 16.4. The van der Waals surface area contributed by atoms with Gasteiger partial charge in [-0.2, -0.15) is 0 Å². The largest absolute Gasteiger partial charge is 0.465 e. The van der Waals surface area contributed by atoms with E-state index in [4.69, 9.17) is 9.47 Å². The van der Waals surface area contributed by atoms with E-state index in [1.807, 2.05) is 30.3 Å². The van der Waals surface area contributed by atoms with Crippen molar-refractivity contribution in [3.63, 3.8) is 0 Å². The van der Waals surface area contributed by atoms with Crippen LogP contribution in [0.25, 0.3) is 10.9 Å². The molecule has 2 heterocycles. The highest BCUT2D eigenvalue weighted by molar-refractivity contribution is 6.05. The van der Waals surface area contributed by atoms with Gasteiger partial charge in [-0.3, -0.25) is 4.98 Å². The van der Waals surface area contributed by atoms with Crippen LogP contribution < -0.4 is 4.90 Å². The zero-order valence-corrected chi connectivity index (χ0v) is 13.8. The topological polar surface area (TPSA) is 68.7 Å². The quantitative estimate of drug-likeness (QED) is 0.803. The van der Waals surface area contributed by atoms with Gasteiger partial charge in [0.1, 0.15) is 5.70 Å². The molecule has 0 saturated carbocycles. The van der Waals surface area contributed by atoms with E-state index < -0.39 is 11.9 Å². The van der Waals surface area contributed by atoms with E-state index in [0.29, 0.717) is 5.69 Å². The molecule has 0 saturated heterocycles. The van der Waals surface area contributed by atoms with Gasteiger partial charge in [-0.05, 0) is 36.4 Å². The van der Waals surface area contributed by atoms with Crippen molar-refractivity contribution in [1.29, 1.82) is 0 Å². The Labute approximate surface area is 144 Å². The fourth-order valence-electron chi connectivity index (χ4n) is 2.58. The number of ether oxygens (including phenoxy) is 2. The maximum Gasteiger partial charge on any atom is 0.355 e. The lowest BCUT2D eigenvalue weighted by Gasteiger charge is -2.23. The number of allylic oxidation sites excluding steroid dienone is 2. The number of rotatable bonds is 3. The maximum atomic E-state index is 12.4. The predicted octanol–water partition coefficient (Wildman–Crippen LogP) is 2.72. The summed E-state index contributed by atoms with van der Waals surface area (Å²) in [5.41, 5.74) is 1.73. The monoisotopic (exact) mass is 336 g/mol. The predicted molar refractivity (Wildman–Crippen MR) is 93.6 cm³/mol. The number of benzene rings is 1. The lowest BCUT2D eigenvalue weighted by atomic mass is 10.1. The van der Waals surface area contributed by atoms with Crippen LogP contribution in [0.4, 0.5) is 5.69 Å². The second-order valence-corrected chi connectivity index (χ2v) is 5.20. The summed E-state index contributed by atoms with van der Waals surface area (Å²) < 4.78 is 9.69. The minimum atomic E-state index is -0.636. The highest BCUT2D eigenvalue weighted by Gasteiger charge is 2.27. The smallest absolute Gasteiger partial charge is 0.355 e. The van der Waals surface area contributed by atoms with E-state index in [1.165, 1.54) is 20.3 Å². The number of anilines is 1. The van der Waals surface area contributed by atoms with Gasteiger partial charge in [0.05, 0.1) is 25.3 Å². The summed E-state index contributed by atoms with van der Waals surface area (Å²) in [6.45, 7) is 0. The first-order chi connectivity index (χ1) is 12.2. The second-order valence-electron chi connectivity index (χ2n) is 5.20. The average Bonchev–Trinajstić information content (AvgIpc) is 2.89. The third kappa shape index (κ3) is 3.14. The van der Waals surface area contributed by atoms with Crippen molar-refractivity contribution in [2.75, 3.05) is 19.1 Å². The molecule has 0 radical (unpaired) electrons. The molecule has 2 aromatic rings. The van der Waals surface area contributed by atoms with E-state index in [-0.39, 0.29) is 11.3 Å². The van der Waals surface area contributed by atoms with Crippen molar-refractivity contribution in [3.8, 4) is 0 Å². The van der Waals surface area contributed by atoms with Crippen molar-refractivity contribution in [1.82, 2.24) is 4.98 Å². The average molecular weight is 336 g/mol. The zero-order chi connectivity index (χ0) is 17.8. The fourth-order valence-corrected chi connectivity index (χ4v) is 2.58. The Morgan fingerprint density at radius 2 is 1.84 bits per heavy atom. The molecule has 0 fully saturated rings. The van der Waals surface area contributed by atoms with Gasteiger partial charge in [-0.25, -0.2) is 9.59 Å². The molecule has 6 nitrogen and oxygen atoms in total. The number of carbonyl (C=O) groups excluding carboxylic acids is 2. The summed E-state index contributed by atoms with van der Waals surface area (Å²) in [6, 6.07) is 9.32. The molecule has 0 N–H and O–H groups in total. The third-order valence-electron chi connectivity index (χ3n) is 3.75. The first-order valence-corrected chi connectivity index (χ1v) is 7.55. The summed E-state index contributed by atoms with van der Waals surface area (Å²) >= 11 is 0. The molecular formula is C19H16N2O4. The SMILES string of the molecule is COC(=O)C1=C(C(=O)OC)N(c2ccc3ncccc3c2)C=CC=C1. The second kappa shape index (κ2) is 7.00. The molecule has 0 aliphatic carbocycles. The van der Waals surface area contributed by atoms with Gasteiger partial charge in [0.25, 0.3) is 0 Å². The Morgan fingerprint density at radius 1 is 1.04 bits per heavy atom. The Balaban J connectivity index is 2.19. The van der Waals surface area contributed by atoms with Crippen molar-refractivity contribution in [3.05, 3.63) is 72.2 Å². The molecule has 0 atom stereocenters. The molecule has 0 unspecified atom stereocenters. The molecule has 126 valence electrons. The standard InChI is InChI=1S/C19H16N2O4/c1-24-18(22)15-7-3-4-11-21(17(15)19(23)25-2)14-8-9-16-13(12-14)6-5-10-20-16/h3-12H,1-2H3. The van der Waals surface area contributed by atoms with Crippen LogP contribution in [0.1, 0.15) is 0 Å². The normalized spacial score (nSPS) is 13.8. The Bertz CT molecular complexity index is 928. The molecule has 1 aromatic heterocycles. The van der Waals surface area contributed by atoms with Crippen molar-refractivity contribution < 1.29 is 19.1 Å². The summed E-state index contributed by atoms with van der Waals surface area (Å²) in [5, 5.41) is 0.912. The summed E-state index contributed by atoms with van der Waals surface area (Å²) in [7, 11) is 2.54. The van der Waals surface area contributed by atoms with E-state index in [1.54, 1.807) is 29.4 Å². The first-order valence-electron chi connectivity index (χ1n) is 7.55. The minimum absolute atomic E-state index is 0.0857. The van der Waals surface area contributed by atoms with E-state index in [2.05, 4.69) is 4.98 Å². The van der Waals surface area contributed by atoms with E-state index in [9.17, 15) is 9.59 Å². The number of fused-ring (bicyclic) bond motifs is 1. The van der Waals surface area contributed by atoms with E-state index in [0.717, 1.165) is 10.9 Å². The summed E-state index contributed by atoms with van der Waals surface area (Å²) in [4.78, 5) is 30.4. The van der Waals surface area contributed by atoms with Gasteiger partial charge in [-0.1, -0.05) is 12.1 Å². The van der Waals surface area contributed by atoms with Gasteiger partial charge in [0.2, 0.25) is 0 Å². The number of hydrogen-bond donors (Lipinski definition) is 0. The molecule has 1 aromatic carbocycles. The van der Waals surface area contributed by atoms with Crippen molar-refractivity contribution in [2.24, 2.45) is 0 Å². The lowest BCUT2D eigenvalue weighted by Crippen LogP contribution is -2.26. The Kier molecular flexibility index (Phi) is 4.61. The van der Waals surface area contributed by atoms with Gasteiger partial charge in [0, 0.05) is 23.5 Å². The number of esters is 2. The number of aromatic nitrogens is 1. The van der Waals surface area contributed by atoms with E-state index >= 15 is 0 Å². The highest BCUT2D eigenvalue weighted by atomic mass is 16.5. The Morgan fingerprint density at radius 3 is 2.60 bits per heavy atom. The molecular weight excluding hydrogens is 320 g/mol. The van der Waals surface area contributed by atoms with Crippen LogP contribution >= 0.6 is 0 Å². The molecule has 0 spiro atoms. The van der Waals surface area contributed by atoms with Crippen molar-refractivity contribution in [2.45, 2.75) is 0 Å². The molecule has 0 amide bonds. The lowest BCUT2D eigenvalue weighted by molar-refractivity contribution is -0.139. The number of nitrogens with zero attached hydrogens (tertiary/aromatic N) is 2. The highest BCUT2D eigenvalue weighted by Crippen LogP contribution is 2.28. The Hall–Kier alpha value is -3.41. The number of carbonyl (C=O) groups is 2. The minimum Gasteiger partial charge on any atom is -0.465 e. The number of pyridine rings is 1. The molecule has 1 aliphatic heterocycles. The van der Waals surface area contributed by atoms with Crippen LogP contribution in [0, 0.1) is 0 Å². The third-order valence-corrected chi connectivity index (χ3v) is 3.75. The van der Waals surface area contributed by atoms with Crippen LogP contribution in [0.5, 0.6) is 0 Å². The van der Waals surface area contributed by atoms with Gasteiger partial charge >= 0.3 is 11.9 Å². The number of methoxy groups -OCH3 is 2. The maximum absolute atomic E-state index is 12.4. The van der Waals surface area contributed by atoms with Crippen LogP contribution in [0.15, 0.2) is 72.2 Å². The molecule has 6 heteroatoms. The molecule has 1 aliphatic rings. The summed E-state index contributed by atoms with van der Waals surface area (Å²) in [5.74, 6) is -1.25. The number of hydrogen-bond acceptors (Lipinski definition) is 6. The molecule has 3 rings (SSSR count). The van der Waals surface area contributed by atoms with Crippen LogP contribution in [0.3, 0.4) is 0 Å². The zero-order valence-electron chi connectivity index (χ0n) is 13.8.